The van der Waals surface area contributed by atoms with Crippen LogP contribution in [0.5, 0.6) is 0 Å². The molecular weight excluding hydrogens is 325 g/mol. The number of amides is 2. The van der Waals surface area contributed by atoms with Gasteiger partial charge in [-0.2, -0.15) is 13.2 Å². The summed E-state index contributed by atoms with van der Waals surface area (Å²) in [6.45, 7) is 3.62. The van der Waals surface area contributed by atoms with Crippen molar-refractivity contribution in [2.24, 2.45) is 5.41 Å². The van der Waals surface area contributed by atoms with Crippen molar-refractivity contribution in [3.05, 3.63) is 29.8 Å². The molecule has 0 radical (unpaired) electrons. The number of ether oxygens (including phenoxy) is 1. The number of rotatable bonds is 7. The third kappa shape index (κ3) is 5.52. The first kappa shape index (κ1) is 20.0. The molecule has 1 aromatic carbocycles. The van der Waals surface area contributed by atoms with Gasteiger partial charge in [-0.1, -0.05) is 6.07 Å². The number of hydrogen-bond acceptors (Lipinski definition) is 3. The van der Waals surface area contributed by atoms with E-state index >= 15 is 0 Å². The summed E-state index contributed by atoms with van der Waals surface area (Å²) < 4.78 is 42.9. The standard InChI is InChI=1S/C16H21F3N2O3/c1-15(2,13(22)20-8-5-9-24-3)14(23)21-12-7-4-6-11(10-12)16(17,18)19/h4,6-7,10H,5,8-9H2,1-3H3,(H,20,22)(H,21,23). The average Bonchev–Trinajstić information content (AvgIpc) is 2.50. The fraction of sp³-hybridized carbons (Fsp3) is 0.500. The molecule has 8 heteroatoms. The van der Waals surface area contributed by atoms with E-state index in [-0.39, 0.29) is 5.69 Å². The van der Waals surface area contributed by atoms with E-state index in [0.717, 1.165) is 12.1 Å². The number of halogens is 3. The Morgan fingerprint density at radius 2 is 1.83 bits per heavy atom. The summed E-state index contributed by atoms with van der Waals surface area (Å²) in [5.74, 6) is -1.20. The first-order valence-electron chi connectivity index (χ1n) is 7.35. The van der Waals surface area contributed by atoms with Crippen LogP contribution in [-0.2, 0) is 20.5 Å². The number of hydrogen-bond donors (Lipinski definition) is 2. The van der Waals surface area contributed by atoms with Gasteiger partial charge in [-0.15, -0.1) is 0 Å². The van der Waals surface area contributed by atoms with Crippen LogP contribution in [0.25, 0.3) is 0 Å². The highest BCUT2D eigenvalue weighted by Crippen LogP contribution is 2.31. The lowest BCUT2D eigenvalue weighted by Crippen LogP contribution is -2.45. The second kappa shape index (κ2) is 8.14. The molecular formula is C16H21F3N2O3. The molecule has 24 heavy (non-hydrogen) atoms. The number of carbonyl (C=O) groups is 2. The number of benzene rings is 1. The van der Waals surface area contributed by atoms with E-state index in [1.807, 2.05) is 0 Å². The minimum atomic E-state index is -4.50. The van der Waals surface area contributed by atoms with Crippen LogP contribution in [0, 0.1) is 5.41 Å². The second-order valence-corrected chi connectivity index (χ2v) is 5.76. The topological polar surface area (TPSA) is 67.4 Å². The lowest BCUT2D eigenvalue weighted by Gasteiger charge is -2.23. The number of anilines is 1. The van der Waals surface area contributed by atoms with E-state index in [1.165, 1.54) is 33.1 Å². The Balaban J connectivity index is 2.73. The zero-order valence-corrected chi connectivity index (χ0v) is 13.8. The van der Waals surface area contributed by atoms with Crippen LogP contribution in [0.4, 0.5) is 18.9 Å². The highest BCUT2D eigenvalue weighted by atomic mass is 19.4. The van der Waals surface area contributed by atoms with Crippen molar-refractivity contribution in [3.8, 4) is 0 Å². The maximum Gasteiger partial charge on any atom is 0.416 e. The molecule has 0 fully saturated rings. The van der Waals surface area contributed by atoms with Crippen LogP contribution in [0.2, 0.25) is 0 Å². The quantitative estimate of drug-likeness (QED) is 0.589. The van der Waals surface area contributed by atoms with Gasteiger partial charge >= 0.3 is 6.18 Å². The summed E-state index contributed by atoms with van der Waals surface area (Å²) >= 11 is 0. The van der Waals surface area contributed by atoms with Crippen molar-refractivity contribution in [1.82, 2.24) is 5.32 Å². The fourth-order valence-electron chi connectivity index (χ4n) is 1.80. The molecule has 0 spiro atoms. The van der Waals surface area contributed by atoms with Crippen molar-refractivity contribution in [1.29, 1.82) is 0 Å². The Labute approximate surface area is 138 Å². The Hall–Kier alpha value is -2.09. The minimum Gasteiger partial charge on any atom is -0.385 e. The summed E-state index contributed by atoms with van der Waals surface area (Å²) in [6, 6.07) is 4.25. The van der Waals surface area contributed by atoms with Gasteiger partial charge in [-0.3, -0.25) is 9.59 Å². The molecule has 0 saturated heterocycles. The normalized spacial score (nSPS) is 11.9. The van der Waals surface area contributed by atoms with Gasteiger partial charge in [-0.05, 0) is 38.5 Å². The lowest BCUT2D eigenvalue weighted by atomic mass is 9.91. The lowest BCUT2D eigenvalue weighted by molar-refractivity contribution is -0.139. The maximum absolute atomic E-state index is 12.7. The molecule has 0 aliphatic rings. The van der Waals surface area contributed by atoms with Gasteiger partial charge in [0.25, 0.3) is 0 Å². The van der Waals surface area contributed by atoms with Gasteiger partial charge in [0.05, 0.1) is 5.56 Å². The molecule has 2 N–H and O–H groups in total. The van der Waals surface area contributed by atoms with Gasteiger partial charge in [0.15, 0.2) is 0 Å². The first-order chi connectivity index (χ1) is 11.1. The van der Waals surface area contributed by atoms with Crippen LogP contribution >= 0.6 is 0 Å². The zero-order chi connectivity index (χ0) is 18.4. The summed E-state index contributed by atoms with van der Waals surface area (Å²) in [5.41, 5.74) is -2.32. The molecule has 0 saturated carbocycles. The number of nitrogens with one attached hydrogen (secondary N) is 2. The third-order valence-corrected chi connectivity index (χ3v) is 3.39. The molecule has 5 nitrogen and oxygen atoms in total. The van der Waals surface area contributed by atoms with E-state index in [4.69, 9.17) is 4.74 Å². The van der Waals surface area contributed by atoms with Crippen molar-refractivity contribution in [2.75, 3.05) is 25.6 Å². The summed E-state index contributed by atoms with van der Waals surface area (Å²) in [6.07, 6.45) is -3.91. The van der Waals surface area contributed by atoms with E-state index in [0.29, 0.717) is 19.6 Å². The maximum atomic E-state index is 12.7. The van der Waals surface area contributed by atoms with Crippen LogP contribution < -0.4 is 10.6 Å². The molecule has 2 amide bonds. The summed E-state index contributed by atoms with van der Waals surface area (Å²) in [5, 5.41) is 4.95. The van der Waals surface area contributed by atoms with Gasteiger partial charge in [0.1, 0.15) is 5.41 Å². The predicted molar refractivity (Wildman–Crippen MR) is 83.4 cm³/mol. The molecule has 1 rings (SSSR count). The Bertz CT molecular complexity index is 586. The van der Waals surface area contributed by atoms with Crippen molar-refractivity contribution >= 4 is 17.5 Å². The summed E-state index contributed by atoms with van der Waals surface area (Å²) in [7, 11) is 1.54. The molecule has 0 unspecified atom stereocenters. The second-order valence-electron chi connectivity index (χ2n) is 5.76. The average molecular weight is 346 g/mol. The number of alkyl halides is 3. The summed E-state index contributed by atoms with van der Waals surface area (Å²) in [4.78, 5) is 24.3. The molecule has 0 bridgehead atoms. The Morgan fingerprint density at radius 3 is 2.42 bits per heavy atom. The van der Waals surface area contributed by atoms with E-state index < -0.39 is 29.0 Å². The zero-order valence-electron chi connectivity index (χ0n) is 13.8. The molecule has 1 aromatic rings. The van der Waals surface area contributed by atoms with Gasteiger partial charge < -0.3 is 15.4 Å². The van der Waals surface area contributed by atoms with Gasteiger partial charge in [-0.25, -0.2) is 0 Å². The highest BCUT2D eigenvalue weighted by molar-refractivity contribution is 6.09. The van der Waals surface area contributed by atoms with Crippen LogP contribution in [-0.4, -0.2) is 32.1 Å². The monoisotopic (exact) mass is 346 g/mol. The largest absolute Gasteiger partial charge is 0.416 e. The smallest absolute Gasteiger partial charge is 0.385 e. The molecule has 134 valence electrons. The van der Waals surface area contributed by atoms with E-state index in [9.17, 15) is 22.8 Å². The molecule has 0 aliphatic heterocycles. The fourth-order valence-corrected chi connectivity index (χ4v) is 1.80. The van der Waals surface area contributed by atoms with Gasteiger partial charge in [0.2, 0.25) is 11.8 Å². The van der Waals surface area contributed by atoms with Gasteiger partial charge in [0, 0.05) is 25.9 Å². The van der Waals surface area contributed by atoms with E-state index in [2.05, 4.69) is 10.6 Å². The Kier molecular flexibility index (Phi) is 6.77. The van der Waals surface area contributed by atoms with Crippen LogP contribution in [0.15, 0.2) is 24.3 Å². The molecule has 0 aliphatic carbocycles. The molecule has 0 atom stereocenters. The minimum absolute atomic E-state index is 0.0184. The number of methoxy groups -OCH3 is 1. The predicted octanol–water partition coefficient (Wildman–Crippen LogP) is 2.82. The van der Waals surface area contributed by atoms with Crippen molar-refractivity contribution in [3.63, 3.8) is 0 Å². The van der Waals surface area contributed by atoms with E-state index in [1.54, 1.807) is 0 Å². The Morgan fingerprint density at radius 1 is 1.17 bits per heavy atom. The molecule has 0 aromatic heterocycles. The number of carbonyl (C=O) groups excluding carboxylic acids is 2. The third-order valence-electron chi connectivity index (χ3n) is 3.39. The first-order valence-corrected chi connectivity index (χ1v) is 7.35. The highest BCUT2D eigenvalue weighted by Gasteiger charge is 2.36. The van der Waals surface area contributed by atoms with Crippen LogP contribution in [0.1, 0.15) is 25.8 Å². The van der Waals surface area contributed by atoms with Crippen LogP contribution in [0.3, 0.4) is 0 Å². The van der Waals surface area contributed by atoms with Crippen molar-refractivity contribution in [2.45, 2.75) is 26.4 Å². The molecule has 0 heterocycles. The SMILES string of the molecule is COCCCNC(=O)C(C)(C)C(=O)Nc1cccc(C(F)(F)F)c1. The van der Waals surface area contributed by atoms with Crippen molar-refractivity contribution < 1.29 is 27.5 Å².